The van der Waals surface area contributed by atoms with Gasteiger partial charge in [-0.3, -0.25) is 4.98 Å². The molecule has 0 amide bonds. The summed E-state index contributed by atoms with van der Waals surface area (Å²) in [6.07, 6.45) is -2.11. The summed E-state index contributed by atoms with van der Waals surface area (Å²) in [6.45, 7) is 1.66. The molecule has 0 spiro atoms. The third kappa shape index (κ3) is 2.56. The van der Waals surface area contributed by atoms with Crippen LogP contribution in [0.4, 0.5) is 18.9 Å². The summed E-state index contributed by atoms with van der Waals surface area (Å²) >= 11 is 0. The molecular weight excluding hydrogens is 267 g/mol. The molecule has 6 heteroatoms. The smallest absolute Gasteiger partial charge is 0.381 e. The second kappa shape index (κ2) is 4.94. The summed E-state index contributed by atoms with van der Waals surface area (Å²) in [7, 11) is 0. The zero-order chi connectivity index (χ0) is 14.2. The van der Waals surface area contributed by atoms with Crippen molar-refractivity contribution < 1.29 is 13.2 Å². The highest BCUT2D eigenvalue weighted by atomic mass is 19.4. The summed E-state index contributed by atoms with van der Waals surface area (Å²) in [6, 6.07) is 6.33. The Morgan fingerprint density at radius 2 is 2.15 bits per heavy atom. The largest absolute Gasteiger partial charge is 0.418 e. The summed E-state index contributed by atoms with van der Waals surface area (Å²) in [5.74, 6) is 0. The van der Waals surface area contributed by atoms with E-state index in [1.54, 1.807) is 18.2 Å². The fraction of sp³-hybridized carbons (Fsp3) is 0.357. The highest BCUT2D eigenvalue weighted by Crippen LogP contribution is 2.36. The molecule has 2 N–H and O–H groups in total. The highest BCUT2D eigenvalue weighted by molar-refractivity contribution is 5.86. The lowest BCUT2D eigenvalue weighted by molar-refractivity contribution is -0.136. The number of fused-ring (bicyclic) bond motifs is 1. The third-order valence-corrected chi connectivity index (χ3v) is 3.44. The van der Waals surface area contributed by atoms with E-state index in [0.717, 1.165) is 25.6 Å². The predicted molar refractivity (Wildman–Crippen MR) is 71.6 cm³/mol. The molecule has 2 aromatic rings. The van der Waals surface area contributed by atoms with E-state index in [-0.39, 0.29) is 11.6 Å². The van der Waals surface area contributed by atoms with E-state index in [0.29, 0.717) is 11.1 Å². The SMILES string of the molecule is FC(F)(F)c1cc(N[C@H]2CCNC2)cc2cccnc12. The van der Waals surface area contributed by atoms with Crippen LogP contribution in [0.15, 0.2) is 30.5 Å². The number of nitrogens with one attached hydrogen (secondary N) is 2. The summed E-state index contributed by atoms with van der Waals surface area (Å²) in [5.41, 5.74) is -0.203. The quantitative estimate of drug-likeness (QED) is 0.888. The van der Waals surface area contributed by atoms with Crippen LogP contribution in [-0.2, 0) is 6.18 Å². The minimum atomic E-state index is -4.40. The number of rotatable bonds is 2. The van der Waals surface area contributed by atoms with Crippen LogP contribution in [-0.4, -0.2) is 24.1 Å². The van der Waals surface area contributed by atoms with Crippen LogP contribution < -0.4 is 10.6 Å². The van der Waals surface area contributed by atoms with Crippen molar-refractivity contribution in [3.05, 3.63) is 36.0 Å². The van der Waals surface area contributed by atoms with Crippen molar-refractivity contribution in [1.82, 2.24) is 10.3 Å². The van der Waals surface area contributed by atoms with Crippen molar-refractivity contribution in [2.75, 3.05) is 18.4 Å². The van der Waals surface area contributed by atoms with Gasteiger partial charge in [-0.05, 0) is 31.2 Å². The van der Waals surface area contributed by atoms with Crippen molar-refractivity contribution in [2.24, 2.45) is 0 Å². The Morgan fingerprint density at radius 3 is 2.85 bits per heavy atom. The van der Waals surface area contributed by atoms with E-state index < -0.39 is 11.7 Å². The second-order valence-corrected chi connectivity index (χ2v) is 4.93. The van der Waals surface area contributed by atoms with Gasteiger partial charge < -0.3 is 10.6 Å². The van der Waals surface area contributed by atoms with Gasteiger partial charge in [0.2, 0.25) is 0 Å². The fourth-order valence-corrected chi connectivity index (χ4v) is 2.51. The second-order valence-electron chi connectivity index (χ2n) is 4.93. The Kier molecular flexibility index (Phi) is 3.25. The first-order valence-electron chi connectivity index (χ1n) is 6.47. The van der Waals surface area contributed by atoms with Crippen molar-refractivity contribution >= 4 is 16.6 Å². The number of hydrogen-bond acceptors (Lipinski definition) is 3. The fourth-order valence-electron chi connectivity index (χ4n) is 2.51. The van der Waals surface area contributed by atoms with Crippen LogP contribution in [0, 0.1) is 0 Å². The molecule has 3 rings (SSSR count). The maximum Gasteiger partial charge on any atom is 0.418 e. The molecular formula is C14H14F3N3. The zero-order valence-corrected chi connectivity index (χ0v) is 10.7. The van der Waals surface area contributed by atoms with E-state index in [4.69, 9.17) is 0 Å². The molecule has 0 bridgehead atoms. The molecule has 20 heavy (non-hydrogen) atoms. The van der Waals surface area contributed by atoms with Gasteiger partial charge in [-0.1, -0.05) is 6.07 Å². The maximum absolute atomic E-state index is 13.1. The van der Waals surface area contributed by atoms with Gasteiger partial charge in [0.25, 0.3) is 0 Å². The molecule has 106 valence electrons. The summed E-state index contributed by atoms with van der Waals surface area (Å²) in [4.78, 5) is 3.86. The van der Waals surface area contributed by atoms with Gasteiger partial charge >= 0.3 is 6.18 Å². The van der Waals surface area contributed by atoms with Crippen molar-refractivity contribution in [1.29, 1.82) is 0 Å². The van der Waals surface area contributed by atoms with Gasteiger partial charge in [-0.2, -0.15) is 13.2 Å². The minimum absolute atomic E-state index is 0.00454. The van der Waals surface area contributed by atoms with Crippen LogP contribution in [0.5, 0.6) is 0 Å². The lowest BCUT2D eigenvalue weighted by Gasteiger charge is -2.16. The standard InChI is InChI=1S/C14H14F3N3/c15-14(16,17)12-7-11(20-10-3-5-18-8-10)6-9-2-1-4-19-13(9)12/h1-2,4,6-7,10,18,20H,3,5,8H2/t10-/m0/s1. The number of hydrogen-bond donors (Lipinski definition) is 2. The molecule has 0 radical (unpaired) electrons. The van der Waals surface area contributed by atoms with Gasteiger partial charge in [0.1, 0.15) is 0 Å². The average Bonchev–Trinajstić information content (AvgIpc) is 2.89. The first-order chi connectivity index (χ1) is 9.54. The Hall–Kier alpha value is -1.82. The average molecular weight is 281 g/mol. The van der Waals surface area contributed by atoms with Gasteiger partial charge in [0.15, 0.2) is 0 Å². The molecule has 0 saturated carbocycles. The van der Waals surface area contributed by atoms with Gasteiger partial charge in [-0.25, -0.2) is 0 Å². The molecule has 1 aliphatic heterocycles. The lowest BCUT2D eigenvalue weighted by Crippen LogP contribution is -2.22. The van der Waals surface area contributed by atoms with Crippen molar-refractivity contribution in [3.8, 4) is 0 Å². The first-order valence-corrected chi connectivity index (χ1v) is 6.47. The highest BCUT2D eigenvalue weighted by Gasteiger charge is 2.34. The van der Waals surface area contributed by atoms with E-state index in [1.807, 2.05) is 0 Å². The molecule has 0 aliphatic carbocycles. The molecule has 1 aliphatic rings. The number of alkyl halides is 3. The maximum atomic E-state index is 13.1. The summed E-state index contributed by atoms with van der Waals surface area (Å²) in [5, 5.41) is 6.83. The number of anilines is 1. The molecule has 1 aromatic carbocycles. The number of halogens is 3. The first kappa shape index (κ1) is 13.2. The minimum Gasteiger partial charge on any atom is -0.381 e. The Bertz CT molecular complexity index is 619. The molecule has 0 unspecified atom stereocenters. The molecule has 1 atom stereocenters. The monoisotopic (exact) mass is 281 g/mol. The van der Waals surface area contributed by atoms with Crippen molar-refractivity contribution in [2.45, 2.75) is 18.6 Å². The topological polar surface area (TPSA) is 37.0 Å². The Labute approximate surface area is 114 Å². The van der Waals surface area contributed by atoms with Gasteiger partial charge in [-0.15, -0.1) is 0 Å². The van der Waals surface area contributed by atoms with E-state index in [1.165, 1.54) is 6.20 Å². The molecule has 1 fully saturated rings. The van der Waals surface area contributed by atoms with E-state index in [2.05, 4.69) is 15.6 Å². The van der Waals surface area contributed by atoms with E-state index >= 15 is 0 Å². The number of nitrogens with zero attached hydrogens (tertiary/aromatic N) is 1. The predicted octanol–water partition coefficient (Wildman–Crippen LogP) is 3.03. The van der Waals surface area contributed by atoms with Crippen LogP contribution >= 0.6 is 0 Å². The Morgan fingerprint density at radius 1 is 1.30 bits per heavy atom. The Balaban J connectivity index is 2.05. The lowest BCUT2D eigenvalue weighted by atomic mass is 10.1. The van der Waals surface area contributed by atoms with Gasteiger partial charge in [0.05, 0.1) is 11.1 Å². The molecule has 2 heterocycles. The molecule has 3 nitrogen and oxygen atoms in total. The van der Waals surface area contributed by atoms with Gasteiger partial charge in [0, 0.05) is 29.9 Å². The third-order valence-electron chi connectivity index (χ3n) is 3.44. The number of benzene rings is 1. The normalized spacial score (nSPS) is 19.4. The molecule has 1 aromatic heterocycles. The zero-order valence-electron chi connectivity index (χ0n) is 10.7. The molecule has 1 saturated heterocycles. The van der Waals surface area contributed by atoms with E-state index in [9.17, 15) is 13.2 Å². The van der Waals surface area contributed by atoms with Crippen LogP contribution in [0.25, 0.3) is 10.9 Å². The van der Waals surface area contributed by atoms with Crippen LogP contribution in [0.1, 0.15) is 12.0 Å². The van der Waals surface area contributed by atoms with Crippen molar-refractivity contribution in [3.63, 3.8) is 0 Å². The van der Waals surface area contributed by atoms with Crippen LogP contribution in [0.2, 0.25) is 0 Å². The number of aromatic nitrogens is 1. The summed E-state index contributed by atoms with van der Waals surface area (Å²) < 4.78 is 39.4. The number of pyridine rings is 1. The van der Waals surface area contributed by atoms with Crippen LogP contribution in [0.3, 0.4) is 0 Å².